The van der Waals surface area contributed by atoms with Crippen molar-refractivity contribution in [1.82, 2.24) is 0 Å². The van der Waals surface area contributed by atoms with Crippen LogP contribution in [0.5, 0.6) is 0 Å². The Hall–Kier alpha value is -2.75. The Balaban J connectivity index is 2.25. The highest BCUT2D eigenvalue weighted by Crippen LogP contribution is 2.13. The Morgan fingerprint density at radius 3 is 2.50 bits per heavy atom. The molecule has 0 saturated carbocycles. The first-order valence-electron chi connectivity index (χ1n) is 6.01. The van der Waals surface area contributed by atoms with Gasteiger partial charge in [0.1, 0.15) is 0 Å². The first-order chi connectivity index (χ1) is 9.61. The van der Waals surface area contributed by atoms with Crippen LogP contribution >= 0.6 is 0 Å². The molecule has 0 radical (unpaired) electrons. The molecule has 0 aliphatic heterocycles. The summed E-state index contributed by atoms with van der Waals surface area (Å²) in [5.74, 6) is -1.25. The van der Waals surface area contributed by atoms with Gasteiger partial charge in [-0.3, -0.25) is 9.59 Å². The van der Waals surface area contributed by atoms with Gasteiger partial charge in [-0.2, -0.15) is 0 Å². The van der Waals surface area contributed by atoms with E-state index in [0.29, 0.717) is 23.0 Å². The Labute approximate surface area is 115 Å². The van der Waals surface area contributed by atoms with Crippen molar-refractivity contribution >= 4 is 18.0 Å². The second kappa shape index (κ2) is 5.93. The van der Waals surface area contributed by atoms with Crippen LogP contribution in [0.25, 0.3) is 0 Å². The summed E-state index contributed by atoms with van der Waals surface area (Å²) >= 11 is 0. The Morgan fingerprint density at radius 1 is 1.05 bits per heavy atom. The molecule has 2 aromatic carbocycles. The Morgan fingerprint density at radius 2 is 1.80 bits per heavy atom. The number of hydrogen-bond acceptors (Lipinski definition) is 3. The van der Waals surface area contributed by atoms with E-state index in [4.69, 9.17) is 5.11 Å². The quantitative estimate of drug-likeness (QED) is 0.668. The normalized spacial score (nSPS) is 10.0. The molecule has 0 heterocycles. The van der Waals surface area contributed by atoms with Crippen LogP contribution in [-0.2, 0) is 6.42 Å². The highest BCUT2D eigenvalue weighted by molar-refractivity contribution is 6.03. The summed E-state index contributed by atoms with van der Waals surface area (Å²) in [6, 6.07) is 12.8. The molecule has 4 nitrogen and oxygen atoms in total. The molecule has 0 aliphatic carbocycles. The minimum absolute atomic E-state index is 0.0615. The molecule has 20 heavy (non-hydrogen) atoms. The van der Waals surface area contributed by atoms with E-state index in [1.807, 2.05) is 0 Å². The van der Waals surface area contributed by atoms with E-state index in [9.17, 15) is 14.4 Å². The van der Waals surface area contributed by atoms with Gasteiger partial charge in [0.05, 0.1) is 5.56 Å². The number of carboxylic acids is 1. The van der Waals surface area contributed by atoms with E-state index >= 15 is 0 Å². The number of hydrogen-bond donors (Lipinski definition) is 1. The van der Waals surface area contributed by atoms with Gasteiger partial charge in [0.15, 0.2) is 12.1 Å². The van der Waals surface area contributed by atoms with E-state index in [0.717, 1.165) is 0 Å². The zero-order valence-corrected chi connectivity index (χ0v) is 10.6. The second-order valence-corrected chi connectivity index (χ2v) is 4.31. The summed E-state index contributed by atoms with van der Waals surface area (Å²) in [5, 5.41) is 8.91. The molecule has 0 bridgehead atoms. The molecule has 0 spiro atoms. The number of carboxylic acid groups (broad SMARTS) is 1. The third kappa shape index (κ3) is 2.98. The van der Waals surface area contributed by atoms with Crippen molar-refractivity contribution in [3.8, 4) is 0 Å². The Bertz CT molecular complexity index is 674. The fourth-order valence-electron chi connectivity index (χ4n) is 1.95. The first-order valence-corrected chi connectivity index (χ1v) is 6.01. The molecular formula is C16H12O4. The van der Waals surface area contributed by atoms with E-state index < -0.39 is 5.97 Å². The second-order valence-electron chi connectivity index (χ2n) is 4.31. The number of carbonyl (C=O) groups is 3. The standard InChI is InChI=1S/C16H12O4/c17-10-13-5-1-2-7-14(13)15(18)9-11-4-3-6-12(8-11)16(19)20/h1-8,10H,9H2,(H,19,20). The average Bonchev–Trinajstić information content (AvgIpc) is 2.47. The zero-order valence-electron chi connectivity index (χ0n) is 10.6. The predicted octanol–water partition coefficient (Wildman–Crippen LogP) is 2.62. The molecule has 0 aliphatic rings. The number of aldehydes is 1. The molecular weight excluding hydrogens is 256 g/mol. The largest absolute Gasteiger partial charge is 0.478 e. The molecule has 0 atom stereocenters. The average molecular weight is 268 g/mol. The number of benzene rings is 2. The molecule has 0 unspecified atom stereocenters. The van der Waals surface area contributed by atoms with Gasteiger partial charge in [-0.1, -0.05) is 36.4 Å². The highest BCUT2D eigenvalue weighted by Gasteiger charge is 2.12. The van der Waals surface area contributed by atoms with E-state index in [1.54, 1.807) is 36.4 Å². The minimum Gasteiger partial charge on any atom is -0.478 e. The van der Waals surface area contributed by atoms with Crippen LogP contribution in [0.4, 0.5) is 0 Å². The lowest BCUT2D eigenvalue weighted by molar-refractivity contribution is 0.0696. The predicted molar refractivity (Wildman–Crippen MR) is 73.3 cm³/mol. The fourth-order valence-corrected chi connectivity index (χ4v) is 1.95. The van der Waals surface area contributed by atoms with Crippen molar-refractivity contribution in [2.75, 3.05) is 0 Å². The summed E-state index contributed by atoms with van der Waals surface area (Å²) in [4.78, 5) is 33.9. The molecule has 100 valence electrons. The van der Waals surface area contributed by atoms with Crippen LogP contribution in [0, 0.1) is 0 Å². The smallest absolute Gasteiger partial charge is 0.335 e. The number of rotatable bonds is 5. The van der Waals surface area contributed by atoms with Crippen molar-refractivity contribution < 1.29 is 19.5 Å². The minimum atomic E-state index is -1.03. The van der Waals surface area contributed by atoms with Crippen LogP contribution in [0.1, 0.15) is 36.6 Å². The van der Waals surface area contributed by atoms with Crippen molar-refractivity contribution in [1.29, 1.82) is 0 Å². The summed E-state index contributed by atoms with van der Waals surface area (Å²) in [5.41, 5.74) is 1.43. The maximum atomic E-state index is 12.2. The Kier molecular flexibility index (Phi) is 4.05. The summed E-state index contributed by atoms with van der Waals surface area (Å²) < 4.78 is 0. The van der Waals surface area contributed by atoms with E-state index in [1.165, 1.54) is 12.1 Å². The number of aromatic carboxylic acids is 1. The number of ketones is 1. The van der Waals surface area contributed by atoms with Crippen molar-refractivity contribution in [2.45, 2.75) is 6.42 Å². The molecule has 1 N–H and O–H groups in total. The van der Waals surface area contributed by atoms with Crippen LogP contribution in [-0.4, -0.2) is 23.1 Å². The molecule has 0 aromatic heterocycles. The van der Waals surface area contributed by atoms with Gasteiger partial charge >= 0.3 is 5.97 Å². The third-order valence-electron chi connectivity index (χ3n) is 2.93. The fraction of sp³-hybridized carbons (Fsp3) is 0.0625. The molecule has 0 fully saturated rings. The summed E-state index contributed by atoms with van der Waals surface area (Å²) in [6.07, 6.45) is 0.701. The maximum absolute atomic E-state index is 12.2. The topological polar surface area (TPSA) is 71.4 Å². The lowest BCUT2D eigenvalue weighted by Gasteiger charge is -2.05. The lowest BCUT2D eigenvalue weighted by atomic mass is 9.98. The SMILES string of the molecule is O=Cc1ccccc1C(=O)Cc1cccc(C(=O)O)c1. The van der Waals surface area contributed by atoms with Gasteiger partial charge in [0.2, 0.25) is 0 Å². The summed E-state index contributed by atoms with van der Waals surface area (Å²) in [7, 11) is 0. The number of Topliss-reactive ketones (excluding diaryl/α,β-unsaturated/α-hetero) is 1. The number of carbonyl (C=O) groups excluding carboxylic acids is 2. The first kappa shape index (κ1) is 13.7. The third-order valence-corrected chi connectivity index (χ3v) is 2.93. The van der Waals surface area contributed by atoms with Gasteiger partial charge in [-0.05, 0) is 17.7 Å². The van der Waals surface area contributed by atoms with Crippen LogP contribution < -0.4 is 0 Å². The molecule has 0 saturated heterocycles. The van der Waals surface area contributed by atoms with E-state index in [2.05, 4.69) is 0 Å². The molecule has 2 aromatic rings. The van der Waals surface area contributed by atoms with Crippen molar-refractivity contribution in [2.24, 2.45) is 0 Å². The summed E-state index contributed by atoms with van der Waals surface area (Å²) in [6.45, 7) is 0. The van der Waals surface area contributed by atoms with Gasteiger partial charge in [-0.25, -0.2) is 4.79 Å². The van der Waals surface area contributed by atoms with Gasteiger partial charge in [0.25, 0.3) is 0 Å². The van der Waals surface area contributed by atoms with Gasteiger partial charge < -0.3 is 5.11 Å². The van der Waals surface area contributed by atoms with Gasteiger partial charge in [0, 0.05) is 17.5 Å². The van der Waals surface area contributed by atoms with Gasteiger partial charge in [-0.15, -0.1) is 0 Å². The molecule has 0 amide bonds. The lowest BCUT2D eigenvalue weighted by Crippen LogP contribution is -2.07. The van der Waals surface area contributed by atoms with E-state index in [-0.39, 0.29) is 17.8 Å². The highest BCUT2D eigenvalue weighted by atomic mass is 16.4. The maximum Gasteiger partial charge on any atom is 0.335 e. The molecule has 4 heteroatoms. The zero-order chi connectivity index (χ0) is 14.5. The molecule has 2 rings (SSSR count). The van der Waals surface area contributed by atoms with Crippen LogP contribution in [0.2, 0.25) is 0 Å². The monoisotopic (exact) mass is 268 g/mol. The van der Waals surface area contributed by atoms with Crippen molar-refractivity contribution in [3.05, 3.63) is 70.8 Å². The van der Waals surface area contributed by atoms with Crippen LogP contribution in [0.3, 0.4) is 0 Å². The van der Waals surface area contributed by atoms with Crippen LogP contribution in [0.15, 0.2) is 48.5 Å². The van der Waals surface area contributed by atoms with Crippen molar-refractivity contribution in [3.63, 3.8) is 0 Å².